The van der Waals surface area contributed by atoms with Gasteiger partial charge in [0.25, 0.3) is 11.8 Å². The number of para-hydroxylation sites is 1. The van der Waals surface area contributed by atoms with Gasteiger partial charge in [0, 0.05) is 47.7 Å². The molecule has 4 rings (SSSR count). The molecular formula is C19H14N4O2S2. The predicted molar refractivity (Wildman–Crippen MR) is 110 cm³/mol. The van der Waals surface area contributed by atoms with E-state index >= 15 is 0 Å². The molecule has 6 nitrogen and oxygen atoms in total. The summed E-state index contributed by atoms with van der Waals surface area (Å²) < 4.78 is 2.29. The van der Waals surface area contributed by atoms with Crippen LogP contribution in [0.1, 0.15) is 15.9 Å². The smallest absolute Gasteiger partial charge is 0.285 e. The van der Waals surface area contributed by atoms with Crippen LogP contribution in [0.25, 0.3) is 17.0 Å². The summed E-state index contributed by atoms with van der Waals surface area (Å²) in [5, 5.41) is 2.16. The molecule has 0 aliphatic carbocycles. The van der Waals surface area contributed by atoms with Gasteiger partial charge in [-0.15, -0.1) is 0 Å². The summed E-state index contributed by atoms with van der Waals surface area (Å²) in [5.41, 5.74) is 4.96. The summed E-state index contributed by atoms with van der Waals surface area (Å²) in [6, 6.07) is 11.1. The monoisotopic (exact) mass is 394 g/mol. The Hall–Kier alpha value is -2.97. The molecule has 0 bridgehead atoms. The minimum Gasteiger partial charge on any atom is -0.350 e. The van der Waals surface area contributed by atoms with Crippen molar-refractivity contribution in [2.75, 3.05) is 0 Å². The molecular weight excluding hydrogens is 380 g/mol. The Balaban J connectivity index is 1.61. The molecule has 2 aromatic heterocycles. The number of carbonyl (C=O) groups excluding carboxylic acids is 2. The highest BCUT2D eigenvalue weighted by molar-refractivity contribution is 8.26. The molecule has 1 aliphatic rings. The van der Waals surface area contributed by atoms with Gasteiger partial charge >= 0.3 is 0 Å². The van der Waals surface area contributed by atoms with Gasteiger partial charge < -0.3 is 4.57 Å². The largest absolute Gasteiger partial charge is 0.350 e. The Labute approximate surface area is 164 Å². The van der Waals surface area contributed by atoms with Crippen molar-refractivity contribution in [1.82, 2.24) is 20.0 Å². The van der Waals surface area contributed by atoms with Crippen molar-refractivity contribution in [3.05, 3.63) is 71.0 Å². The number of carbonyl (C=O) groups is 2. The third-order valence-corrected chi connectivity index (χ3v) is 5.47. The minimum atomic E-state index is -0.417. The van der Waals surface area contributed by atoms with Crippen LogP contribution in [0.5, 0.6) is 0 Å². The van der Waals surface area contributed by atoms with Crippen molar-refractivity contribution in [1.29, 1.82) is 0 Å². The molecule has 0 atom stereocenters. The van der Waals surface area contributed by atoms with E-state index in [1.165, 1.54) is 12.4 Å². The third kappa shape index (κ3) is 3.24. The normalized spacial score (nSPS) is 15.7. The SMILES string of the molecule is Cn1cc(/C=C2\SC(=S)N(NC(=O)c3ccncc3)C2=O)c2ccccc21. The van der Waals surface area contributed by atoms with Gasteiger partial charge in [-0.3, -0.25) is 20.0 Å². The zero-order valence-corrected chi connectivity index (χ0v) is 15.9. The van der Waals surface area contributed by atoms with Gasteiger partial charge in [0.15, 0.2) is 4.32 Å². The Morgan fingerprint density at radius 1 is 1.22 bits per heavy atom. The lowest BCUT2D eigenvalue weighted by Gasteiger charge is -2.15. The molecule has 1 N–H and O–H groups in total. The van der Waals surface area contributed by atoms with Crippen molar-refractivity contribution < 1.29 is 9.59 Å². The number of amides is 2. The Bertz CT molecular complexity index is 1110. The summed E-state index contributed by atoms with van der Waals surface area (Å²) >= 11 is 6.44. The number of pyridine rings is 1. The summed E-state index contributed by atoms with van der Waals surface area (Å²) in [5.74, 6) is -0.763. The quantitative estimate of drug-likeness (QED) is 0.546. The molecule has 27 heavy (non-hydrogen) atoms. The molecule has 1 aliphatic heterocycles. The molecule has 0 radical (unpaired) electrons. The van der Waals surface area contributed by atoms with Gasteiger partial charge in [0.2, 0.25) is 0 Å². The van der Waals surface area contributed by atoms with Crippen LogP contribution in [0.15, 0.2) is 59.9 Å². The van der Waals surface area contributed by atoms with Gasteiger partial charge in [-0.1, -0.05) is 30.0 Å². The van der Waals surface area contributed by atoms with Gasteiger partial charge in [0.1, 0.15) is 0 Å². The first-order valence-corrected chi connectivity index (χ1v) is 9.30. The fraction of sp³-hybridized carbons (Fsp3) is 0.0526. The number of nitrogens with zero attached hydrogens (tertiary/aromatic N) is 3. The van der Waals surface area contributed by atoms with Crippen LogP contribution in [0.3, 0.4) is 0 Å². The summed E-state index contributed by atoms with van der Waals surface area (Å²) in [7, 11) is 1.96. The number of fused-ring (bicyclic) bond motifs is 1. The van der Waals surface area contributed by atoms with E-state index in [-0.39, 0.29) is 10.2 Å². The van der Waals surface area contributed by atoms with Crippen molar-refractivity contribution in [2.24, 2.45) is 7.05 Å². The number of hydrazine groups is 1. The van der Waals surface area contributed by atoms with Gasteiger partial charge in [-0.2, -0.15) is 5.01 Å². The van der Waals surface area contributed by atoms with Crippen LogP contribution >= 0.6 is 24.0 Å². The van der Waals surface area contributed by atoms with E-state index in [4.69, 9.17) is 12.2 Å². The number of rotatable bonds is 3. The van der Waals surface area contributed by atoms with E-state index in [1.54, 1.807) is 18.2 Å². The Morgan fingerprint density at radius 3 is 2.74 bits per heavy atom. The molecule has 0 unspecified atom stereocenters. The topological polar surface area (TPSA) is 67.2 Å². The van der Waals surface area contributed by atoms with Crippen LogP contribution in [0, 0.1) is 0 Å². The number of hydrogen-bond acceptors (Lipinski definition) is 5. The van der Waals surface area contributed by atoms with Crippen LogP contribution < -0.4 is 5.43 Å². The van der Waals surface area contributed by atoms with Gasteiger partial charge in [-0.25, -0.2) is 0 Å². The third-order valence-electron chi connectivity index (χ3n) is 4.16. The molecule has 0 spiro atoms. The van der Waals surface area contributed by atoms with Crippen molar-refractivity contribution in [2.45, 2.75) is 0 Å². The molecule has 134 valence electrons. The highest BCUT2D eigenvalue weighted by atomic mass is 32.2. The molecule has 2 amide bonds. The number of thioether (sulfide) groups is 1. The zero-order valence-electron chi connectivity index (χ0n) is 14.2. The second kappa shape index (κ2) is 6.98. The number of hydrogen-bond donors (Lipinski definition) is 1. The zero-order chi connectivity index (χ0) is 19.0. The molecule has 0 saturated carbocycles. The van der Waals surface area contributed by atoms with E-state index < -0.39 is 5.91 Å². The lowest BCUT2D eigenvalue weighted by molar-refractivity contribution is -0.123. The van der Waals surface area contributed by atoms with Crippen LogP contribution in [0.2, 0.25) is 0 Å². The van der Waals surface area contributed by atoms with E-state index in [0.717, 1.165) is 33.2 Å². The van der Waals surface area contributed by atoms with E-state index in [2.05, 4.69) is 10.4 Å². The lowest BCUT2D eigenvalue weighted by atomic mass is 10.1. The maximum absolute atomic E-state index is 12.7. The second-order valence-corrected chi connectivity index (χ2v) is 7.58. The number of nitrogens with one attached hydrogen (secondary N) is 1. The molecule has 1 aromatic carbocycles. The number of aromatic nitrogens is 2. The maximum atomic E-state index is 12.7. The van der Waals surface area contributed by atoms with Crippen molar-refractivity contribution in [3.8, 4) is 0 Å². The van der Waals surface area contributed by atoms with Crippen molar-refractivity contribution >= 4 is 57.1 Å². The van der Waals surface area contributed by atoms with Gasteiger partial charge in [0.05, 0.1) is 4.91 Å². The Kier molecular flexibility index (Phi) is 4.51. The summed E-state index contributed by atoms with van der Waals surface area (Å²) in [6.45, 7) is 0. The maximum Gasteiger partial charge on any atom is 0.285 e. The highest BCUT2D eigenvalue weighted by Gasteiger charge is 2.34. The molecule has 3 heterocycles. The number of benzene rings is 1. The molecule has 1 saturated heterocycles. The average Bonchev–Trinajstić information content (AvgIpc) is 3.14. The molecule has 3 aromatic rings. The lowest BCUT2D eigenvalue weighted by Crippen LogP contribution is -2.44. The van der Waals surface area contributed by atoms with E-state index in [0.29, 0.717) is 10.5 Å². The number of thiocarbonyl (C=S) groups is 1. The first-order chi connectivity index (χ1) is 13.0. The standard InChI is InChI=1S/C19H14N4O2S2/c1-22-11-13(14-4-2-3-5-15(14)22)10-16-18(25)23(19(26)27-16)21-17(24)12-6-8-20-9-7-12/h2-11H,1H3,(H,21,24)/b16-10-. The fourth-order valence-corrected chi connectivity index (χ4v) is 4.03. The van der Waals surface area contributed by atoms with Crippen LogP contribution in [-0.2, 0) is 11.8 Å². The first-order valence-electron chi connectivity index (χ1n) is 8.07. The van der Waals surface area contributed by atoms with E-state index in [9.17, 15) is 9.59 Å². The first kappa shape index (κ1) is 17.4. The van der Waals surface area contributed by atoms with Crippen LogP contribution in [0.4, 0.5) is 0 Å². The Morgan fingerprint density at radius 2 is 1.96 bits per heavy atom. The summed E-state index contributed by atoms with van der Waals surface area (Å²) in [4.78, 5) is 29.4. The molecule has 1 fully saturated rings. The van der Waals surface area contributed by atoms with Gasteiger partial charge in [-0.05, 0) is 36.5 Å². The molecule has 8 heteroatoms. The van der Waals surface area contributed by atoms with E-state index in [1.807, 2.05) is 42.1 Å². The summed E-state index contributed by atoms with van der Waals surface area (Å²) in [6.07, 6.45) is 6.80. The average molecular weight is 394 g/mol. The predicted octanol–water partition coefficient (Wildman–Crippen LogP) is 3.12. The fourth-order valence-electron chi connectivity index (χ4n) is 2.86. The second-order valence-electron chi connectivity index (χ2n) is 5.91. The minimum absolute atomic E-state index is 0.286. The van der Waals surface area contributed by atoms with Crippen LogP contribution in [-0.4, -0.2) is 30.7 Å². The van der Waals surface area contributed by atoms with Crippen molar-refractivity contribution in [3.63, 3.8) is 0 Å². The highest BCUT2D eigenvalue weighted by Crippen LogP contribution is 2.33. The number of aryl methyl sites for hydroxylation is 1.